The lowest BCUT2D eigenvalue weighted by Crippen LogP contribution is -2.52. The number of piperidine rings is 1. The van der Waals surface area contributed by atoms with E-state index in [1.165, 1.54) is 24.0 Å². The van der Waals surface area contributed by atoms with Crippen molar-refractivity contribution in [2.45, 2.75) is 38.1 Å². The Morgan fingerprint density at radius 1 is 1.17 bits per heavy atom. The minimum absolute atomic E-state index is 0.174. The standard InChI is InChI=1S/C16H26N2/c1-13(2)14-6-8-15(9-7-14)16(18(3)4)10-5-11-17-12-16/h6-9,13,17H,5,10-12H2,1-4H3. The molecular formula is C16H26N2. The van der Waals surface area contributed by atoms with Gasteiger partial charge in [0, 0.05) is 6.54 Å². The van der Waals surface area contributed by atoms with Crippen molar-refractivity contribution in [2.24, 2.45) is 0 Å². The number of nitrogens with one attached hydrogen (secondary N) is 1. The first-order valence-electron chi connectivity index (χ1n) is 7.05. The van der Waals surface area contributed by atoms with E-state index in [4.69, 9.17) is 0 Å². The third-order valence-corrected chi connectivity index (χ3v) is 4.33. The van der Waals surface area contributed by atoms with Gasteiger partial charge in [0.15, 0.2) is 0 Å². The van der Waals surface area contributed by atoms with Gasteiger partial charge >= 0.3 is 0 Å². The fourth-order valence-electron chi connectivity index (χ4n) is 2.95. The third kappa shape index (κ3) is 2.45. The van der Waals surface area contributed by atoms with Gasteiger partial charge in [-0.2, -0.15) is 0 Å². The van der Waals surface area contributed by atoms with Crippen LogP contribution in [0, 0.1) is 0 Å². The Bertz CT molecular complexity index is 373. The molecule has 2 rings (SSSR count). The van der Waals surface area contributed by atoms with E-state index in [0.29, 0.717) is 5.92 Å². The Kier molecular flexibility index (Phi) is 4.08. The number of hydrogen-bond donors (Lipinski definition) is 1. The van der Waals surface area contributed by atoms with Crippen molar-refractivity contribution in [1.29, 1.82) is 0 Å². The molecule has 1 heterocycles. The van der Waals surface area contributed by atoms with E-state index >= 15 is 0 Å². The molecule has 2 heteroatoms. The highest BCUT2D eigenvalue weighted by molar-refractivity contribution is 5.31. The number of nitrogens with zero attached hydrogens (tertiary/aromatic N) is 1. The summed E-state index contributed by atoms with van der Waals surface area (Å²) in [6.45, 7) is 6.71. The Labute approximate surface area is 111 Å². The van der Waals surface area contributed by atoms with Crippen LogP contribution >= 0.6 is 0 Å². The summed E-state index contributed by atoms with van der Waals surface area (Å²) in [7, 11) is 4.40. The molecule has 2 nitrogen and oxygen atoms in total. The molecule has 1 aromatic carbocycles. The average Bonchev–Trinajstić information content (AvgIpc) is 2.39. The quantitative estimate of drug-likeness (QED) is 0.882. The molecular weight excluding hydrogens is 220 g/mol. The molecule has 0 spiro atoms. The van der Waals surface area contributed by atoms with Crippen LogP contribution in [0.3, 0.4) is 0 Å². The zero-order valence-electron chi connectivity index (χ0n) is 12.2. The predicted octanol–water partition coefficient (Wildman–Crippen LogP) is 2.95. The first-order valence-corrected chi connectivity index (χ1v) is 7.05. The van der Waals surface area contributed by atoms with E-state index < -0.39 is 0 Å². The van der Waals surface area contributed by atoms with Crippen LogP contribution in [0.5, 0.6) is 0 Å². The van der Waals surface area contributed by atoms with Gasteiger partial charge in [-0.05, 0) is 50.5 Å². The van der Waals surface area contributed by atoms with Crippen molar-refractivity contribution in [3.05, 3.63) is 35.4 Å². The van der Waals surface area contributed by atoms with Gasteiger partial charge in [0.25, 0.3) is 0 Å². The van der Waals surface area contributed by atoms with Gasteiger partial charge in [-0.15, -0.1) is 0 Å². The maximum Gasteiger partial charge on any atom is 0.0581 e. The lowest BCUT2D eigenvalue weighted by molar-refractivity contribution is 0.113. The fraction of sp³-hybridized carbons (Fsp3) is 0.625. The summed E-state index contributed by atoms with van der Waals surface area (Å²) in [5.74, 6) is 0.610. The summed E-state index contributed by atoms with van der Waals surface area (Å²) < 4.78 is 0. The Morgan fingerprint density at radius 3 is 2.28 bits per heavy atom. The van der Waals surface area contributed by atoms with Gasteiger partial charge in [-0.3, -0.25) is 4.90 Å². The van der Waals surface area contributed by atoms with E-state index in [0.717, 1.165) is 13.1 Å². The van der Waals surface area contributed by atoms with E-state index in [9.17, 15) is 0 Å². The summed E-state index contributed by atoms with van der Waals surface area (Å²) in [5.41, 5.74) is 3.05. The van der Waals surface area contributed by atoms with Crippen molar-refractivity contribution < 1.29 is 0 Å². The normalized spacial score (nSPS) is 24.8. The maximum atomic E-state index is 3.55. The van der Waals surface area contributed by atoms with Gasteiger partial charge in [0.2, 0.25) is 0 Å². The lowest BCUT2D eigenvalue weighted by atomic mass is 9.81. The zero-order chi connectivity index (χ0) is 13.2. The molecule has 0 aliphatic carbocycles. The Morgan fingerprint density at radius 2 is 1.83 bits per heavy atom. The molecule has 0 amide bonds. The Hall–Kier alpha value is -0.860. The zero-order valence-corrected chi connectivity index (χ0v) is 12.2. The summed E-state index contributed by atoms with van der Waals surface area (Å²) in [6, 6.07) is 9.23. The lowest BCUT2D eigenvalue weighted by Gasteiger charge is -2.43. The van der Waals surface area contributed by atoms with Crippen LogP contribution in [-0.2, 0) is 5.54 Å². The molecule has 18 heavy (non-hydrogen) atoms. The molecule has 1 saturated heterocycles. The molecule has 0 radical (unpaired) electrons. The second kappa shape index (κ2) is 5.41. The molecule has 0 aromatic heterocycles. The second-order valence-electron chi connectivity index (χ2n) is 5.98. The van der Waals surface area contributed by atoms with Crippen molar-refractivity contribution >= 4 is 0 Å². The minimum Gasteiger partial charge on any atom is -0.315 e. The monoisotopic (exact) mass is 246 g/mol. The van der Waals surface area contributed by atoms with E-state index in [-0.39, 0.29) is 5.54 Å². The van der Waals surface area contributed by atoms with Gasteiger partial charge in [0.1, 0.15) is 0 Å². The molecule has 1 atom stereocenters. The van der Waals surface area contributed by atoms with Crippen molar-refractivity contribution in [3.63, 3.8) is 0 Å². The van der Waals surface area contributed by atoms with Crippen LogP contribution in [0.25, 0.3) is 0 Å². The molecule has 1 aromatic rings. The smallest absolute Gasteiger partial charge is 0.0581 e. The van der Waals surface area contributed by atoms with Crippen molar-refractivity contribution in [1.82, 2.24) is 10.2 Å². The molecule has 1 aliphatic rings. The molecule has 1 N–H and O–H groups in total. The highest BCUT2D eigenvalue weighted by Gasteiger charge is 2.35. The van der Waals surface area contributed by atoms with Gasteiger partial charge in [-0.1, -0.05) is 38.1 Å². The molecule has 1 unspecified atom stereocenters. The third-order valence-electron chi connectivity index (χ3n) is 4.33. The Balaban J connectivity index is 2.31. The van der Waals surface area contributed by atoms with Crippen molar-refractivity contribution in [2.75, 3.05) is 27.2 Å². The van der Waals surface area contributed by atoms with Gasteiger partial charge in [-0.25, -0.2) is 0 Å². The minimum atomic E-state index is 0.174. The number of likely N-dealkylation sites (N-methyl/N-ethyl adjacent to an activating group) is 1. The fourth-order valence-corrected chi connectivity index (χ4v) is 2.95. The topological polar surface area (TPSA) is 15.3 Å². The van der Waals surface area contributed by atoms with Crippen LogP contribution < -0.4 is 5.32 Å². The highest BCUT2D eigenvalue weighted by atomic mass is 15.2. The average molecular weight is 246 g/mol. The summed E-state index contributed by atoms with van der Waals surface area (Å²) in [6.07, 6.45) is 2.50. The van der Waals surface area contributed by atoms with Crippen LogP contribution in [0.15, 0.2) is 24.3 Å². The van der Waals surface area contributed by atoms with Crippen LogP contribution in [-0.4, -0.2) is 32.1 Å². The van der Waals surface area contributed by atoms with Crippen LogP contribution in [0.4, 0.5) is 0 Å². The van der Waals surface area contributed by atoms with Gasteiger partial charge in [0.05, 0.1) is 5.54 Å². The highest BCUT2D eigenvalue weighted by Crippen LogP contribution is 2.33. The molecule has 1 fully saturated rings. The van der Waals surface area contributed by atoms with Gasteiger partial charge < -0.3 is 5.32 Å². The first-order chi connectivity index (χ1) is 8.56. The molecule has 100 valence electrons. The largest absolute Gasteiger partial charge is 0.315 e. The van der Waals surface area contributed by atoms with Crippen LogP contribution in [0.1, 0.15) is 43.7 Å². The summed E-state index contributed by atoms with van der Waals surface area (Å²) in [5, 5.41) is 3.55. The summed E-state index contributed by atoms with van der Waals surface area (Å²) >= 11 is 0. The predicted molar refractivity (Wildman–Crippen MR) is 78.0 cm³/mol. The van der Waals surface area contributed by atoms with E-state index in [1.807, 2.05) is 0 Å². The maximum absolute atomic E-state index is 3.55. The SMILES string of the molecule is CC(C)c1ccc(C2(N(C)C)CCCNC2)cc1. The number of benzene rings is 1. The van der Waals surface area contributed by atoms with E-state index in [2.05, 4.69) is 62.4 Å². The van der Waals surface area contributed by atoms with Crippen LogP contribution in [0.2, 0.25) is 0 Å². The molecule has 1 aliphatic heterocycles. The molecule has 0 bridgehead atoms. The summed E-state index contributed by atoms with van der Waals surface area (Å²) in [4.78, 5) is 2.38. The first kappa shape index (κ1) is 13.6. The number of rotatable bonds is 3. The van der Waals surface area contributed by atoms with Crippen molar-refractivity contribution in [3.8, 4) is 0 Å². The molecule has 0 saturated carbocycles. The number of hydrogen-bond acceptors (Lipinski definition) is 2. The second-order valence-corrected chi connectivity index (χ2v) is 5.98. The van der Waals surface area contributed by atoms with E-state index in [1.54, 1.807) is 0 Å².